The predicted molar refractivity (Wildman–Crippen MR) is 124 cm³/mol. The number of halogens is 4. The molecule has 0 saturated heterocycles. The minimum atomic E-state index is -0.572. The summed E-state index contributed by atoms with van der Waals surface area (Å²) in [5.41, 5.74) is 1.29. The Morgan fingerprint density at radius 2 is 1.87 bits per heavy atom. The van der Waals surface area contributed by atoms with Crippen LogP contribution in [-0.4, -0.2) is 5.91 Å². The van der Waals surface area contributed by atoms with E-state index in [4.69, 9.17) is 27.9 Å². The summed E-state index contributed by atoms with van der Waals surface area (Å²) in [5, 5.41) is 12.8. The van der Waals surface area contributed by atoms with Crippen LogP contribution in [0.5, 0.6) is 5.75 Å². The fraction of sp³-hybridized carbons (Fsp3) is 0.0435. The van der Waals surface area contributed by atoms with Crippen molar-refractivity contribution in [3.63, 3.8) is 0 Å². The second-order valence-corrected chi connectivity index (χ2v) is 8.02. The van der Waals surface area contributed by atoms with Crippen LogP contribution >= 0.6 is 39.1 Å². The van der Waals surface area contributed by atoms with Crippen LogP contribution < -0.4 is 10.1 Å². The molecule has 0 atom stereocenters. The first-order valence-corrected chi connectivity index (χ1v) is 10.5. The molecule has 0 heterocycles. The molecule has 0 bridgehead atoms. The molecule has 0 aliphatic rings. The summed E-state index contributed by atoms with van der Waals surface area (Å²) in [5.74, 6) is -0.622. The van der Waals surface area contributed by atoms with Crippen LogP contribution in [0, 0.1) is 17.1 Å². The van der Waals surface area contributed by atoms with E-state index in [1.54, 1.807) is 54.6 Å². The molecular formula is C23H14BrCl2FN2O2. The quantitative estimate of drug-likeness (QED) is 0.281. The van der Waals surface area contributed by atoms with Gasteiger partial charge in [0.15, 0.2) is 5.75 Å². The molecule has 0 unspecified atom stereocenters. The first-order valence-electron chi connectivity index (χ1n) is 8.91. The highest BCUT2D eigenvalue weighted by atomic mass is 79.9. The van der Waals surface area contributed by atoms with Crippen LogP contribution in [-0.2, 0) is 11.4 Å². The lowest BCUT2D eigenvalue weighted by atomic mass is 10.1. The van der Waals surface area contributed by atoms with E-state index in [1.165, 1.54) is 12.1 Å². The van der Waals surface area contributed by atoms with Crippen molar-refractivity contribution in [2.75, 3.05) is 5.32 Å². The van der Waals surface area contributed by atoms with Gasteiger partial charge in [0.2, 0.25) is 0 Å². The molecule has 0 saturated carbocycles. The Morgan fingerprint density at radius 3 is 2.52 bits per heavy atom. The lowest BCUT2D eigenvalue weighted by molar-refractivity contribution is -0.112. The summed E-state index contributed by atoms with van der Waals surface area (Å²) >= 11 is 15.5. The average Bonchev–Trinajstić information content (AvgIpc) is 2.74. The van der Waals surface area contributed by atoms with Crippen molar-refractivity contribution >= 4 is 56.8 Å². The second kappa shape index (κ2) is 10.5. The number of rotatable bonds is 6. The molecule has 8 heteroatoms. The minimum Gasteiger partial charge on any atom is -0.486 e. The highest BCUT2D eigenvalue weighted by molar-refractivity contribution is 9.10. The normalized spacial score (nSPS) is 11.0. The van der Waals surface area contributed by atoms with Crippen molar-refractivity contribution in [1.82, 2.24) is 0 Å². The van der Waals surface area contributed by atoms with Gasteiger partial charge in [-0.3, -0.25) is 4.79 Å². The van der Waals surface area contributed by atoms with Gasteiger partial charge in [0.25, 0.3) is 5.91 Å². The predicted octanol–water partition coefficient (Wildman–Crippen LogP) is 7.02. The topological polar surface area (TPSA) is 62.1 Å². The number of amides is 1. The number of nitrogens with one attached hydrogen (secondary N) is 1. The van der Waals surface area contributed by atoms with Crippen LogP contribution in [0.1, 0.15) is 11.1 Å². The second-order valence-electron chi connectivity index (χ2n) is 6.32. The fourth-order valence-electron chi connectivity index (χ4n) is 2.61. The van der Waals surface area contributed by atoms with E-state index in [9.17, 15) is 14.4 Å². The average molecular weight is 520 g/mol. The Kier molecular flexibility index (Phi) is 7.69. The number of carbonyl (C=O) groups excluding carboxylic acids is 1. The van der Waals surface area contributed by atoms with E-state index in [1.807, 2.05) is 6.07 Å². The van der Waals surface area contributed by atoms with Gasteiger partial charge in [-0.1, -0.05) is 41.4 Å². The van der Waals surface area contributed by atoms with Crippen molar-refractivity contribution in [2.24, 2.45) is 0 Å². The van der Waals surface area contributed by atoms with Gasteiger partial charge in [0, 0.05) is 16.3 Å². The number of ether oxygens (including phenoxy) is 1. The van der Waals surface area contributed by atoms with Crippen molar-refractivity contribution in [1.29, 1.82) is 5.26 Å². The maximum atomic E-state index is 13.8. The van der Waals surface area contributed by atoms with Gasteiger partial charge in [-0.25, -0.2) is 4.39 Å². The smallest absolute Gasteiger partial charge is 0.266 e. The fourth-order valence-corrected chi connectivity index (χ4v) is 3.73. The zero-order valence-electron chi connectivity index (χ0n) is 15.8. The van der Waals surface area contributed by atoms with E-state index >= 15 is 0 Å². The maximum absolute atomic E-state index is 13.8. The summed E-state index contributed by atoms with van der Waals surface area (Å²) in [7, 11) is 0. The molecule has 0 radical (unpaired) electrons. The minimum absolute atomic E-state index is 0.00682. The van der Waals surface area contributed by atoms with Crippen LogP contribution in [0.25, 0.3) is 6.08 Å². The Balaban J connectivity index is 1.77. The molecule has 3 aromatic carbocycles. The summed E-state index contributed by atoms with van der Waals surface area (Å²) in [6, 6.07) is 17.9. The van der Waals surface area contributed by atoms with E-state index in [2.05, 4.69) is 21.2 Å². The number of hydrogen-bond acceptors (Lipinski definition) is 3. The highest BCUT2D eigenvalue weighted by Crippen LogP contribution is 2.36. The molecule has 3 aromatic rings. The third-order valence-corrected chi connectivity index (χ3v) is 5.25. The number of hydrogen-bond donors (Lipinski definition) is 1. The zero-order chi connectivity index (χ0) is 22.4. The molecule has 0 aliphatic carbocycles. The number of nitriles is 1. The lowest BCUT2D eigenvalue weighted by Crippen LogP contribution is -2.13. The molecule has 31 heavy (non-hydrogen) atoms. The molecule has 156 valence electrons. The molecule has 0 spiro atoms. The molecule has 0 fully saturated rings. The van der Waals surface area contributed by atoms with Gasteiger partial charge in [0.1, 0.15) is 24.1 Å². The van der Waals surface area contributed by atoms with E-state index in [-0.39, 0.29) is 23.0 Å². The Labute approximate surface area is 197 Å². The molecule has 0 aromatic heterocycles. The molecule has 0 aliphatic heterocycles. The Morgan fingerprint density at radius 1 is 1.16 bits per heavy atom. The first kappa shape index (κ1) is 22.8. The van der Waals surface area contributed by atoms with Crippen LogP contribution in [0.2, 0.25) is 10.0 Å². The van der Waals surface area contributed by atoms with Crippen molar-refractivity contribution in [2.45, 2.75) is 6.61 Å². The van der Waals surface area contributed by atoms with Gasteiger partial charge < -0.3 is 10.1 Å². The standard InChI is InChI=1S/C23H14BrCl2FN2O2/c24-19-10-14(9-16(12-28)23(30)29-18-7-5-17(25)6-8-18)11-20(26)22(19)31-13-15-3-1-2-4-21(15)27/h1-11H,13H2,(H,29,30)/b16-9-. The number of anilines is 1. The van der Waals surface area contributed by atoms with Crippen LogP contribution in [0.3, 0.4) is 0 Å². The first-order chi connectivity index (χ1) is 14.9. The third-order valence-electron chi connectivity index (χ3n) is 4.13. The van der Waals surface area contributed by atoms with E-state index in [0.717, 1.165) is 0 Å². The molecule has 3 rings (SSSR count). The molecule has 1 N–H and O–H groups in total. The Bertz CT molecular complexity index is 1170. The van der Waals surface area contributed by atoms with Gasteiger partial charge in [-0.05, 0) is 70.0 Å². The number of carbonyl (C=O) groups is 1. The van der Waals surface area contributed by atoms with Crippen LogP contribution in [0.15, 0.2) is 70.7 Å². The summed E-state index contributed by atoms with van der Waals surface area (Å²) in [6.45, 7) is -0.00682. The number of nitrogens with zero attached hydrogens (tertiary/aromatic N) is 1. The zero-order valence-corrected chi connectivity index (χ0v) is 18.9. The summed E-state index contributed by atoms with van der Waals surface area (Å²) in [6.07, 6.45) is 1.41. The summed E-state index contributed by atoms with van der Waals surface area (Å²) in [4.78, 5) is 12.4. The van der Waals surface area contributed by atoms with Gasteiger partial charge in [-0.15, -0.1) is 0 Å². The Hall–Kier alpha value is -2.85. The van der Waals surface area contributed by atoms with Crippen molar-refractivity contribution in [3.8, 4) is 11.8 Å². The van der Waals surface area contributed by atoms with Gasteiger partial charge in [-0.2, -0.15) is 5.26 Å². The molecule has 1 amide bonds. The highest BCUT2D eigenvalue weighted by Gasteiger charge is 2.13. The lowest BCUT2D eigenvalue weighted by Gasteiger charge is -2.12. The maximum Gasteiger partial charge on any atom is 0.266 e. The van der Waals surface area contributed by atoms with Crippen molar-refractivity contribution in [3.05, 3.63) is 97.7 Å². The molecule has 4 nitrogen and oxygen atoms in total. The summed E-state index contributed by atoms with van der Waals surface area (Å²) < 4.78 is 19.9. The largest absolute Gasteiger partial charge is 0.486 e. The number of benzene rings is 3. The van der Waals surface area contributed by atoms with E-state index in [0.29, 0.717) is 32.1 Å². The van der Waals surface area contributed by atoms with Crippen LogP contribution in [0.4, 0.5) is 10.1 Å². The SMILES string of the molecule is N#C/C(=C/c1cc(Cl)c(OCc2ccccc2F)c(Br)c1)C(=O)Nc1ccc(Cl)cc1. The monoisotopic (exact) mass is 518 g/mol. The van der Waals surface area contributed by atoms with Gasteiger partial charge in [0.05, 0.1) is 9.50 Å². The molecular weight excluding hydrogens is 506 g/mol. The van der Waals surface area contributed by atoms with Gasteiger partial charge >= 0.3 is 0 Å². The van der Waals surface area contributed by atoms with E-state index < -0.39 is 5.91 Å². The van der Waals surface area contributed by atoms with Crippen molar-refractivity contribution < 1.29 is 13.9 Å². The third kappa shape index (κ3) is 6.08.